The number of nitrogens with one attached hydrogen (secondary N) is 1. The number of rotatable bonds is 5. The zero-order valence-electron chi connectivity index (χ0n) is 12.6. The van der Waals surface area contributed by atoms with Gasteiger partial charge in [0.2, 0.25) is 0 Å². The van der Waals surface area contributed by atoms with Gasteiger partial charge in [0.05, 0.1) is 12.2 Å². The van der Waals surface area contributed by atoms with Gasteiger partial charge >= 0.3 is 0 Å². The molecular weight excluding hydrogens is 253 g/mol. The highest BCUT2D eigenvalue weighted by molar-refractivity contribution is 5.38. The maximum atomic E-state index is 13.6. The van der Waals surface area contributed by atoms with Crippen molar-refractivity contribution in [2.45, 2.75) is 33.2 Å². The molecule has 1 aromatic heterocycles. The topological polar surface area (TPSA) is 29.9 Å². The van der Waals surface area contributed by atoms with Crippen LogP contribution in [-0.4, -0.2) is 16.3 Å². The molecule has 0 saturated heterocycles. The van der Waals surface area contributed by atoms with Gasteiger partial charge in [-0.3, -0.25) is 4.68 Å². The molecule has 0 bridgehead atoms. The Balaban J connectivity index is 2.47. The Morgan fingerprint density at radius 2 is 2.05 bits per heavy atom. The van der Waals surface area contributed by atoms with Crippen LogP contribution in [0.15, 0.2) is 24.4 Å². The van der Waals surface area contributed by atoms with Gasteiger partial charge in [-0.05, 0) is 50.1 Å². The van der Waals surface area contributed by atoms with Crippen molar-refractivity contribution in [3.63, 3.8) is 0 Å². The monoisotopic (exact) mass is 275 g/mol. The van der Waals surface area contributed by atoms with Crippen molar-refractivity contribution in [3.8, 4) is 0 Å². The van der Waals surface area contributed by atoms with E-state index in [0.29, 0.717) is 0 Å². The number of hydrogen-bond acceptors (Lipinski definition) is 2. The maximum Gasteiger partial charge on any atom is 0.123 e. The van der Waals surface area contributed by atoms with Crippen LogP contribution in [-0.2, 0) is 7.05 Å². The van der Waals surface area contributed by atoms with Gasteiger partial charge in [0.1, 0.15) is 5.82 Å². The van der Waals surface area contributed by atoms with Gasteiger partial charge in [-0.15, -0.1) is 0 Å². The summed E-state index contributed by atoms with van der Waals surface area (Å²) in [5.41, 5.74) is 4.27. The smallest absolute Gasteiger partial charge is 0.123 e. The fourth-order valence-electron chi connectivity index (χ4n) is 2.40. The predicted molar refractivity (Wildman–Crippen MR) is 79.2 cm³/mol. The predicted octanol–water partition coefficient (Wildman–Crippen LogP) is 3.27. The molecule has 0 saturated carbocycles. The van der Waals surface area contributed by atoms with E-state index in [1.165, 1.54) is 6.07 Å². The molecule has 0 amide bonds. The highest BCUT2D eigenvalue weighted by atomic mass is 19.1. The summed E-state index contributed by atoms with van der Waals surface area (Å²) in [6.07, 6.45) is 2.90. The largest absolute Gasteiger partial charge is 0.306 e. The van der Waals surface area contributed by atoms with Crippen molar-refractivity contribution < 1.29 is 4.39 Å². The molecule has 1 N–H and O–H groups in total. The number of aryl methyl sites for hydroxylation is 2. The van der Waals surface area contributed by atoms with E-state index in [1.807, 2.05) is 37.8 Å². The lowest BCUT2D eigenvalue weighted by atomic mass is 9.95. The Bertz CT molecular complexity index is 589. The molecule has 0 fully saturated rings. The van der Waals surface area contributed by atoms with Gasteiger partial charge in [0.25, 0.3) is 0 Å². The molecule has 108 valence electrons. The zero-order valence-corrected chi connectivity index (χ0v) is 12.6. The van der Waals surface area contributed by atoms with Gasteiger partial charge in [-0.2, -0.15) is 5.10 Å². The molecule has 2 aromatic rings. The van der Waals surface area contributed by atoms with Gasteiger partial charge in [-0.25, -0.2) is 4.39 Å². The fraction of sp³-hybridized carbons (Fsp3) is 0.438. The summed E-state index contributed by atoms with van der Waals surface area (Å²) in [5, 5.41) is 7.81. The van der Waals surface area contributed by atoms with E-state index in [2.05, 4.69) is 17.3 Å². The Hall–Kier alpha value is -1.68. The van der Waals surface area contributed by atoms with Crippen LogP contribution >= 0.6 is 0 Å². The van der Waals surface area contributed by atoms with Crippen LogP contribution in [0, 0.1) is 19.7 Å². The van der Waals surface area contributed by atoms with Crippen molar-refractivity contribution in [2.24, 2.45) is 7.05 Å². The SMILES string of the molecule is CCCNC(c1cc(F)ccc1C)c1cnn(C)c1C. The normalized spacial score (nSPS) is 12.7. The minimum atomic E-state index is -0.199. The van der Waals surface area contributed by atoms with E-state index >= 15 is 0 Å². The second-order valence-corrected chi connectivity index (χ2v) is 5.20. The zero-order chi connectivity index (χ0) is 14.7. The van der Waals surface area contributed by atoms with E-state index in [1.54, 1.807) is 6.07 Å². The Labute approximate surface area is 119 Å². The lowest BCUT2D eigenvalue weighted by molar-refractivity contribution is 0.580. The summed E-state index contributed by atoms with van der Waals surface area (Å²) in [7, 11) is 1.92. The van der Waals surface area contributed by atoms with E-state index in [4.69, 9.17) is 0 Å². The lowest BCUT2D eigenvalue weighted by Gasteiger charge is -2.21. The lowest BCUT2D eigenvalue weighted by Crippen LogP contribution is -2.24. The first-order valence-corrected chi connectivity index (χ1v) is 7.02. The van der Waals surface area contributed by atoms with Crippen LogP contribution < -0.4 is 5.32 Å². The second kappa shape index (κ2) is 6.18. The van der Waals surface area contributed by atoms with E-state index in [9.17, 15) is 4.39 Å². The van der Waals surface area contributed by atoms with E-state index < -0.39 is 0 Å². The first kappa shape index (κ1) is 14.7. The summed E-state index contributed by atoms with van der Waals surface area (Å²) < 4.78 is 15.5. The van der Waals surface area contributed by atoms with Gasteiger partial charge in [0, 0.05) is 18.3 Å². The Morgan fingerprint density at radius 1 is 1.30 bits per heavy atom. The Kier molecular flexibility index (Phi) is 4.55. The molecule has 0 aliphatic heterocycles. The number of hydrogen-bond donors (Lipinski definition) is 1. The summed E-state index contributed by atoms with van der Waals surface area (Å²) in [4.78, 5) is 0. The van der Waals surface area contributed by atoms with E-state index in [-0.39, 0.29) is 11.9 Å². The molecule has 2 rings (SSSR count). The molecule has 1 heterocycles. The van der Waals surface area contributed by atoms with Crippen LogP contribution in [0.2, 0.25) is 0 Å². The average molecular weight is 275 g/mol. The molecule has 1 unspecified atom stereocenters. The van der Waals surface area contributed by atoms with Crippen molar-refractivity contribution in [1.29, 1.82) is 0 Å². The minimum absolute atomic E-state index is 0.0145. The fourth-order valence-corrected chi connectivity index (χ4v) is 2.40. The minimum Gasteiger partial charge on any atom is -0.306 e. The maximum absolute atomic E-state index is 13.6. The molecule has 0 aliphatic carbocycles. The molecule has 4 heteroatoms. The first-order chi connectivity index (χ1) is 9.54. The quantitative estimate of drug-likeness (QED) is 0.907. The van der Waals surface area contributed by atoms with Crippen LogP contribution in [0.1, 0.15) is 41.8 Å². The number of benzene rings is 1. The molecule has 20 heavy (non-hydrogen) atoms. The molecule has 1 atom stereocenters. The van der Waals surface area contributed by atoms with Crippen LogP contribution in [0.3, 0.4) is 0 Å². The molecule has 1 aromatic carbocycles. The van der Waals surface area contributed by atoms with Gasteiger partial charge in [-0.1, -0.05) is 13.0 Å². The van der Waals surface area contributed by atoms with Crippen molar-refractivity contribution in [2.75, 3.05) is 6.54 Å². The Morgan fingerprint density at radius 3 is 2.65 bits per heavy atom. The van der Waals surface area contributed by atoms with Gasteiger partial charge < -0.3 is 5.32 Å². The second-order valence-electron chi connectivity index (χ2n) is 5.20. The van der Waals surface area contributed by atoms with Gasteiger partial charge in [0.15, 0.2) is 0 Å². The summed E-state index contributed by atoms with van der Waals surface area (Å²) in [6, 6.07) is 4.94. The van der Waals surface area contributed by atoms with E-state index in [0.717, 1.165) is 35.3 Å². The number of aromatic nitrogens is 2. The van der Waals surface area contributed by atoms with Crippen LogP contribution in [0.25, 0.3) is 0 Å². The molecule has 0 radical (unpaired) electrons. The highest BCUT2D eigenvalue weighted by Gasteiger charge is 2.20. The molecule has 0 spiro atoms. The first-order valence-electron chi connectivity index (χ1n) is 7.02. The molecular formula is C16H22FN3. The summed E-state index contributed by atoms with van der Waals surface area (Å²) in [5.74, 6) is -0.199. The van der Waals surface area contributed by atoms with Crippen molar-refractivity contribution in [3.05, 3.63) is 52.6 Å². The van der Waals surface area contributed by atoms with Crippen LogP contribution in [0.5, 0.6) is 0 Å². The summed E-state index contributed by atoms with van der Waals surface area (Å²) >= 11 is 0. The van der Waals surface area contributed by atoms with Crippen LogP contribution in [0.4, 0.5) is 4.39 Å². The standard InChI is InChI=1S/C16H22FN3/c1-5-8-18-16(15-10-19-20(4)12(15)3)14-9-13(17)7-6-11(14)2/h6-7,9-10,16,18H,5,8H2,1-4H3. The highest BCUT2D eigenvalue weighted by Crippen LogP contribution is 2.27. The van der Waals surface area contributed by atoms with Crippen molar-refractivity contribution in [1.82, 2.24) is 15.1 Å². The molecule has 3 nitrogen and oxygen atoms in total. The number of nitrogens with zero attached hydrogens (tertiary/aromatic N) is 2. The third kappa shape index (κ3) is 2.90. The number of halogens is 1. The third-order valence-electron chi connectivity index (χ3n) is 3.73. The van der Waals surface area contributed by atoms with Crippen molar-refractivity contribution >= 4 is 0 Å². The third-order valence-corrected chi connectivity index (χ3v) is 3.73. The average Bonchev–Trinajstić information content (AvgIpc) is 2.75. The molecule has 0 aliphatic rings. The summed E-state index contributed by atoms with van der Waals surface area (Å²) in [6.45, 7) is 7.06.